The van der Waals surface area contributed by atoms with Crippen LogP contribution < -0.4 is 10.8 Å². The Morgan fingerprint density at radius 1 is 1.19 bits per heavy atom. The van der Waals surface area contributed by atoms with Crippen molar-refractivity contribution in [3.8, 4) is 0 Å². The molecule has 0 radical (unpaired) electrons. The zero-order valence-electron chi connectivity index (χ0n) is 16.5. The highest BCUT2D eigenvalue weighted by atomic mass is 35.5. The van der Waals surface area contributed by atoms with Gasteiger partial charge in [-0.2, -0.15) is 0 Å². The summed E-state index contributed by atoms with van der Waals surface area (Å²) in [7, 11) is -0.567. The van der Waals surface area contributed by atoms with Gasteiger partial charge in [0.2, 0.25) is 0 Å². The van der Waals surface area contributed by atoms with Crippen molar-refractivity contribution in [3.05, 3.63) is 28.3 Å². The SMILES string of the molecule is Cc1cc(Cl)cc(B2OC(C)(C)C(C)(C)O2)c1CC1CNCC(F)(F)CO1. The second-order valence-electron chi connectivity index (χ2n) is 8.50. The van der Waals surface area contributed by atoms with Gasteiger partial charge in [-0.3, -0.25) is 0 Å². The quantitative estimate of drug-likeness (QED) is 0.790. The van der Waals surface area contributed by atoms with E-state index in [1.54, 1.807) is 0 Å². The van der Waals surface area contributed by atoms with Crippen LogP contribution in [0.3, 0.4) is 0 Å². The van der Waals surface area contributed by atoms with Gasteiger partial charge in [0.15, 0.2) is 0 Å². The molecule has 1 aromatic carbocycles. The van der Waals surface area contributed by atoms with Crippen LogP contribution in [0, 0.1) is 6.92 Å². The Morgan fingerprint density at radius 3 is 2.44 bits per heavy atom. The fourth-order valence-electron chi connectivity index (χ4n) is 3.38. The first-order valence-electron chi connectivity index (χ1n) is 9.25. The van der Waals surface area contributed by atoms with E-state index < -0.39 is 30.8 Å². The van der Waals surface area contributed by atoms with Crippen molar-refractivity contribution in [2.75, 3.05) is 19.7 Å². The summed E-state index contributed by atoms with van der Waals surface area (Å²) in [6, 6.07) is 3.70. The molecule has 0 bridgehead atoms. The summed E-state index contributed by atoms with van der Waals surface area (Å²) in [5.41, 5.74) is 1.81. The molecule has 1 unspecified atom stereocenters. The summed E-state index contributed by atoms with van der Waals surface area (Å²) < 4.78 is 45.0. The second kappa shape index (κ2) is 7.27. The summed E-state index contributed by atoms with van der Waals surface area (Å²) >= 11 is 6.30. The van der Waals surface area contributed by atoms with Crippen LogP contribution in [0.2, 0.25) is 5.02 Å². The number of rotatable bonds is 3. The average Bonchev–Trinajstić information content (AvgIpc) is 2.64. The Hall–Kier alpha value is -0.725. The number of benzene rings is 1. The molecule has 2 aliphatic rings. The highest BCUT2D eigenvalue weighted by molar-refractivity contribution is 6.63. The van der Waals surface area contributed by atoms with Crippen molar-refractivity contribution in [3.63, 3.8) is 0 Å². The highest BCUT2D eigenvalue weighted by Crippen LogP contribution is 2.37. The molecule has 2 aliphatic heterocycles. The zero-order chi connectivity index (χ0) is 20.0. The van der Waals surface area contributed by atoms with Crippen molar-refractivity contribution in [1.82, 2.24) is 5.32 Å². The summed E-state index contributed by atoms with van der Waals surface area (Å²) in [6.45, 7) is 9.33. The number of hydrogen-bond acceptors (Lipinski definition) is 4. The molecule has 0 aromatic heterocycles. The molecule has 4 nitrogen and oxygen atoms in total. The topological polar surface area (TPSA) is 39.7 Å². The van der Waals surface area contributed by atoms with Gasteiger partial charge < -0.3 is 19.4 Å². The van der Waals surface area contributed by atoms with Gasteiger partial charge >= 0.3 is 7.12 Å². The van der Waals surface area contributed by atoms with E-state index in [1.807, 2.05) is 46.8 Å². The van der Waals surface area contributed by atoms with Gasteiger partial charge in [-0.15, -0.1) is 0 Å². The molecule has 0 amide bonds. The number of halogens is 3. The fourth-order valence-corrected chi connectivity index (χ4v) is 3.66. The maximum atomic E-state index is 13.6. The minimum atomic E-state index is -2.85. The summed E-state index contributed by atoms with van der Waals surface area (Å²) in [5.74, 6) is -2.85. The summed E-state index contributed by atoms with van der Waals surface area (Å²) in [4.78, 5) is 0. The van der Waals surface area contributed by atoms with Gasteiger partial charge in [0.05, 0.1) is 23.9 Å². The molecule has 1 N–H and O–H groups in total. The largest absolute Gasteiger partial charge is 0.495 e. The van der Waals surface area contributed by atoms with Gasteiger partial charge in [0.1, 0.15) is 6.61 Å². The monoisotopic (exact) mass is 401 g/mol. The molecule has 2 saturated heterocycles. The van der Waals surface area contributed by atoms with Crippen LogP contribution >= 0.6 is 11.6 Å². The number of aryl methyl sites for hydroxylation is 1. The van der Waals surface area contributed by atoms with E-state index in [9.17, 15) is 8.78 Å². The minimum absolute atomic E-state index is 0.362. The second-order valence-corrected chi connectivity index (χ2v) is 8.94. The summed E-state index contributed by atoms with van der Waals surface area (Å²) in [5, 5.41) is 3.38. The first-order valence-corrected chi connectivity index (χ1v) is 9.63. The third-order valence-electron chi connectivity index (χ3n) is 5.70. The number of ether oxygens (including phenoxy) is 1. The Kier molecular flexibility index (Phi) is 5.65. The van der Waals surface area contributed by atoms with Gasteiger partial charge in [-0.05, 0) is 69.8 Å². The van der Waals surface area contributed by atoms with Gasteiger partial charge in [-0.1, -0.05) is 11.6 Å². The van der Waals surface area contributed by atoms with E-state index in [4.69, 9.17) is 25.6 Å². The van der Waals surface area contributed by atoms with Crippen LogP contribution in [-0.4, -0.2) is 50.0 Å². The fraction of sp³-hybridized carbons (Fsp3) is 0.684. The molecule has 27 heavy (non-hydrogen) atoms. The van der Waals surface area contributed by atoms with Crippen molar-refractivity contribution in [2.45, 2.75) is 64.3 Å². The summed E-state index contributed by atoms with van der Waals surface area (Å²) in [6.07, 6.45) is 0.116. The highest BCUT2D eigenvalue weighted by Gasteiger charge is 2.52. The smallest absolute Gasteiger partial charge is 0.399 e. The molecule has 0 aliphatic carbocycles. The predicted molar refractivity (Wildman–Crippen MR) is 103 cm³/mol. The molecule has 2 fully saturated rings. The minimum Gasteiger partial charge on any atom is -0.399 e. The van der Waals surface area contributed by atoms with Crippen LogP contribution in [0.25, 0.3) is 0 Å². The predicted octanol–water partition coefficient (Wildman–Crippen LogP) is 3.11. The third-order valence-corrected chi connectivity index (χ3v) is 5.92. The number of nitrogens with one attached hydrogen (secondary N) is 1. The van der Waals surface area contributed by atoms with E-state index in [2.05, 4.69) is 5.32 Å². The standard InChI is InChI=1S/C19H27BClF2NO3/c1-12-6-13(21)7-16(20-26-17(2,3)18(4,5)27-20)15(12)8-14-9-24-10-19(22,23)11-25-14/h6-7,14,24H,8-11H2,1-5H3. The van der Waals surface area contributed by atoms with Gasteiger partial charge in [-0.25, -0.2) is 8.78 Å². The lowest BCUT2D eigenvalue weighted by molar-refractivity contribution is -0.0770. The van der Waals surface area contributed by atoms with E-state index >= 15 is 0 Å². The molecular weight excluding hydrogens is 374 g/mol. The average molecular weight is 402 g/mol. The molecule has 0 saturated carbocycles. The maximum Gasteiger partial charge on any atom is 0.495 e. The van der Waals surface area contributed by atoms with Crippen molar-refractivity contribution >= 4 is 24.2 Å². The van der Waals surface area contributed by atoms with E-state index in [1.165, 1.54) is 0 Å². The maximum absolute atomic E-state index is 13.6. The Labute approximate surface area is 165 Å². The molecule has 150 valence electrons. The van der Waals surface area contributed by atoms with E-state index in [0.29, 0.717) is 18.0 Å². The molecule has 1 atom stereocenters. The molecule has 3 rings (SSSR count). The molecule has 1 aromatic rings. The van der Waals surface area contributed by atoms with Crippen LogP contribution in [0.5, 0.6) is 0 Å². The first-order chi connectivity index (χ1) is 12.4. The Morgan fingerprint density at radius 2 is 1.81 bits per heavy atom. The van der Waals surface area contributed by atoms with E-state index in [-0.39, 0.29) is 12.6 Å². The van der Waals surface area contributed by atoms with Crippen LogP contribution in [-0.2, 0) is 20.5 Å². The van der Waals surface area contributed by atoms with Crippen molar-refractivity contribution < 1.29 is 22.8 Å². The lowest BCUT2D eigenvalue weighted by Crippen LogP contribution is -2.41. The normalized spacial score (nSPS) is 26.8. The molecule has 8 heteroatoms. The molecular formula is C19H27BClF2NO3. The Balaban J connectivity index is 1.88. The lowest BCUT2D eigenvalue weighted by atomic mass is 9.73. The first kappa shape index (κ1) is 21.0. The lowest BCUT2D eigenvalue weighted by Gasteiger charge is -2.32. The van der Waals surface area contributed by atoms with Gasteiger partial charge in [0, 0.05) is 11.6 Å². The van der Waals surface area contributed by atoms with Crippen LogP contribution in [0.15, 0.2) is 12.1 Å². The van der Waals surface area contributed by atoms with E-state index in [0.717, 1.165) is 16.6 Å². The van der Waals surface area contributed by atoms with Crippen LogP contribution in [0.4, 0.5) is 8.78 Å². The third kappa shape index (κ3) is 4.48. The number of alkyl halides is 2. The van der Waals surface area contributed by atoms with Crippen molar-refractivity contribution in [1.29, 1.82) is 0 Å². The van der Waals surface area contributed by atoms with Crippen LogP contribution in [0.1, 0.15) is 38.8 Å². The zero-order valence-corrected chi connectivity index (χ0v) is 17.3. The van der Waals surface area contributed by atoms with Crippen molar-refractivity contribution in [2.24, 2.45) is 0 Å². The Bertz CT molecular complexity index is 698. The van der Waals surface area contributed by atoms with Gasteiger partial charge in [0.25, 0.3) is 5.92 Å². The molecule has 0 spiro atoms. The number of hydrogen-bond donors (Lipinski definition) is 1. The molecule has 2 heterocycles.